The molecule has 18 heavy (non-hydrogen) atoms. The highest BCUT2D eigenvalue weighted by molar-refractivity contribution is 5.37. The Kier molecular flexibility index (Phi) is 3.92. The third-order valence-corrected chi connectivity index (χ3v) is 2.83. The molecule has 0 saturated heterocycles. The summed E-state index contributed by atoms with van der Waals surface area (Å²) in [5.74, 6) is 0.918. The highest BCUT2D eigenvalue weighted by atomic mass is 15.3. The second-order valence-electron chi connectivity index (χ2n) is 4.24. The molecule has 0 spiro atoms. The van der Waals surface area contributed by atoms with Gasteiger partial charge in [-0.1, -0.05) is 0 Å². The molecule has 2 aromatic heterocycles. The predicted octanol–water partition coefficient (Wildman–Crippen LogP) is 2.03. The van der Waals surface area contributed by atoms with Crippen LogP contribution in [0.25, 0.3) is 0 Å². The van der Waals surface area contributed by atoms with Crippen molar-refractivity contribution in [3.8, 4) is 0 Å². The molecule has 0 aliphatic heterocycles. The summed E-state index contributed by atoms with van der Waals surface area (Å²) in [5, 5.41) is 4.29. The number of hydrogen-bond donors (Lipinski definition) is 0. The molecule has 0 amide bonds. The van der Waals surface area contributed by atoms with Gasteiger partial charge in [-0.15, -0.1) is 0 Å². The van der Waals surface area contributed by atoms with Gasteiger partial charge < -0.3 is 4.90 Å². The Morgan fingerprint density at radius 1 is 1.22 bits per heavy atom. The average Bonchev–Trinajstić information content (AvgIpc) is 2.83. The molecule has 2 heterocycles. The molecule has 0 bridgehead atoms. The van der Waals surface area contributed by atoms with Gasteiger partial charge in [0.05, 0.1) is 18.1 Å². The summed E-state index contributed by atoms with van der Waals surface area (Å²) < 4.78 is 1.94. The largest absolute Gasteiger partial charge is 0.351 e. The quantitative estimate of drug-likeness (QED) is 0.808. The van der Waals surface area contributed by atoms with Crippen molar-refractivity contribution >= 4 is 5.82 Å². The van der Waals surface area contributed by atoms with Crippen LogP contribution in [0.5, 0.6) is 0 Å². The topological polar surface area (TPSA) is 46.8 Å². The van der Waals surface area contributed by atoms with Crippen LogP contribution in [0.1, 0.15) is 25.1 Å². The molecular formula is C13H19N5. The molecule has 0 aliphatic carbocycles. The molecule has 0 aromatic carbocycles. The lowest BCUT2D eigenvalue weighted by molar-refractivity contribution is 0.658. The Morgan fingerprint density at radius 3 is 2.67 bits per heavy atom. The smallest absolute Gasteiger partial charge is 0.147 e. The highest BCUT2D eigenvalue weighted by Gasteiger charge is 2.08. The summed E-state index contributed by atoms with van der Waals surface area (Å²) in [6, 6.07) is 0. The zero-order valence-corrected chi connectivity index (χ0v) is 11.2. The van der Waals surface area contributed by atoms with E-state index in [1.807, 2.05) is 17.8 Å². The predicted molar refractivity (Wildman–Crippen MR) is 71.4 cm³/mol. The van der Waals surface area contributed by atoms with Crippen molar-refractivity contribution in [2.45, 2.75) is 33.9 Å². The minimum absolute atomic E-state index is 0.814. The van der Waals surface area contributed by atoms with E-state index in [9.17, 15) is 0 Å². The van der Waals surface area contributed by atoms with Crippen LogP contribution in [0.4, 0.5) is 5.82 Å². The van der Waals surface area contributed by atoms with Gasteiger partial charge in [0.1, 0.15) is 5.82 Å². The van der Waals surface area contributed by atoms with Crippen LogP contribution >= 0.6 is 0 Å². The maximum absolute atomic E-state index is 4.50. The first kappa shape index (κ1) is 12.5. The second-order valence-corrected chi connectivity index (χ2v) is 4.24. The Hall–Kier alpha value is -1.91. The molecule has 96 valence electrons. The van der Waals surface area contributed by atoms with Crippen LogP contribution in [-0.4, -0.2) is 26.3 Å². The molecule has 0 atom stereocenters. The van der Waals surface area contributed by atoms with Crippen LogP contribution < -0.4 is 4.90 Å². The number of anilines is 1. The van der Waals surface area contributed by atoms with Crippen molar-refractivity contribution in [1.29, 1.82) is 0 Å². The Morgan fingerprint density at radius 2 is 2.06 bits per heavy atom. The molecule has 5 heteroatoms. The number of hydrogen-bond acceptors (Lipinski definition) is 4. The molecular weight excluding hydrogens is 226 g/mol. The number of aryl methyl sites for hydroxylation is 2. The lowest BCUT2D eigenvalue weighted by Gasteiger charge is -2.20. The van der Waals surface area contributed by atoms with Gasteiger partial charge in [0.2, 0.25) is 0 Å². The van der Waals surface area contributed by atoms with Crippen molar-refractivity contribution in [3.05, 3.63) is 36.0 Å². The highest BCUT2D eigenvalue weighted by Crippen LogP contribution is 2.13. The van der Waals surface area contributed by atoms with Gasteiger partial charge in [-0.05, 0) is 20.8 Å². The van der Waals surface area contributed by atoms with Crippen molar-refractivity contribution in [1.82, 2.24) is 19.7 Å². The molecule has 2 aromatic rings. The number of nitrogens with zero attached hydrogens (tertiary/aromatic N) is 5. The van der Waals surface area contributed by atoms with Crippen molar-refractivity contribution in [3.63, 3.8) is 0 Å². The van der Waals surface area contributed by atoms with Crippen LogP contribution in [0, 0.1) is 6.92 Å². The van der Waals surface area contributed by atoms with Crippen molar-refractivity contribution in [2.75, 3.05) is 11.4 Å². The zero-order valence-electron chi connectivity index (χ0n) is 11.2. The fourth-order valence-corrected chi connectivity index (χ4v) is 1.84. The fourth-order valence-electron chi connectivity index (χ4n) is 1.84. The molecule has 0 N–H and O–H groups in total. The maximum atomic E-state index is 4.50. The van der Waals surface area contributed by atoms with Gasteiger partial charge >= 0.3 is 0 Å². The zero-order chi connectivity index (χ0) is 13.0. The van der Waals surface area contributed by atoms with E-state index in [1.54, 1.807) is 12.4 Å². The molecule has 0 aliphatic rings. The molecule has 0 fully saturated rings. The van der Waals surface area contributed by atoms with E-state index >= 15 is 0 Å². The standard InChI is InChI=1S/C13H19N5/c1-4-17(13-8-14-6-11(3)16-13)9-12-7-15-18(5-2)10-12/h6-8,10H,4-5,9H2,1-3H3. The Bertz CT molecular complexity index is 506. The third-order valence-electron chi connectivity index (χ3n) is 2.83. The van der Waals surface area contributed by atoms with E-state index in [1.165, 1.54) is 5.56 Å². The van der Waals surface area contributed by atoms with Gasteiger partial charge in [-0.25, -0.2) is 4.98 Å². The number of rotatable bonds is 5. The van der Waals surface area contributed by atoms with E-state index in [2.05, 4.69) is 40.0 Å². The van der Waals surface area contributed by atoms with Gasteiger partial charge in [0, 0.05) is 37.6 Å². The molecule has 0 saturated carbocycles. The average molecular weight is 245 g/mol. The molecule has 0 unspecified atom stereocenters. The summed E-state index contributed by atoms with van der Waals surface area (Å²) in [7, 11) is 0. The van der Waals surface area contributed by atoms with E-state index in [4.69, 9.17) is 0 Å². The van der Waals surface area contributed by atoms with Crippen LogP contribution in [0.15, 0.2) is 24.8 Å². The van der Waals surface area contributed by atoms with Gasteiger partial charge in [0.25, 0.3) is 0 Å². The van der Waals surface area contributed by atoms with Gasteiger partial charge in [-0.2, -0.15) is 5.10 Å². The van der Waals surface area contributed by atoms with Crippen molar-refractivity contribution < 1.29 is 0 Å². The molecule has 2 rings (SSSR count). The number of aromatic nitrogens is 4. The molecule has 5 nitrogen and oxygen atoms in total. The minimum Gasteiger partial charge on any atom is -0.351 e. The minimum atomic E-state index is 0.814. The summed E-state index contributed by atoms with van der Waals surface area (Å²) in [5.41, 5.74) is 2.14. The fraction of sp³-hybridized carbons (Fsp3) is 0.462. The van der Waals surface area contributed by atoms with E-state index in [0.29, 0.717) is 0 Å². The lowest BCUT2D eigenvalue weighted by atomic mass is 10.3. The maximum Gasteiger partial charge on any atom is 0.147 e. The summed E-state index contributed by atoms with van der Waals surface area (Å²) in [6.07, 6.45) is 7.56. The third kappa shape index (κ3) is 2.85. The summed E-state index contributed by atoms with van der Waals surface area (Å²) in [6.45, 7) is 8.77. The van der Waals surface area contributed by atoms with E-state index in [0.717, 1.165) is 31.1 Å². The summed E-state index contributed by atoms with van der Waals surface area (Å²) in [4.78, 5) is 10.9. The van der Waals surface area contributed by atoms with Crippen LogP contribution in [0.3, 0.4) is 0 Å². The van der Waals surface area contributed by atoms with Crippen molar-refractivity contribution in [2.24, 2.45) is 0 Å². The lowest BCUT2D eigenvalue weighted by Crippen LogP contribution is -2.23. The first-order valence-electron chi connectivity index (χ1n) is 6.27. The van der Waals surface area contributed by atoms with Crippen LogP contribution in [-0.2, 0) is 13.1 Å². The van der Waals surface area contributed by atoms with E-state index in [-0.39, 0.29) is 0 Å². The monoisotopic (exact) mass is 245 g/mol. The first-order chi connectivity index (χ1) is 8.72. The SMILES string of the molecule is CCN(Cc1cnn(CC)c1)c1cncc(C)n1. The van der Waals surface area contributed by atoms with E-state index < -0.39 is 0 Å². The van der Waals surface area contributed by atoms with Gasteiger partial charge in [-0.3, -0.25) is 9.67 Å². The Labute approximate surface area is 107 Å². The van der Waals surface area contributed by atoms with Crippen LogP contribution in [0.2, 0.25) is 0 Å². The summed E-state index contributed by atoms with van der Waals surface area (Å²) >= 11 is 0. The molecule has 0 radical (unpaired) electrons. The first-order valence-corrected chi connectivity index (χ1v) is 6.27. The second kappa shape index (κ2) is 5.62. The Balaban J connectivity index is 2.14. The normalized spacial score (nSPS) is 10.6. The van der Waals surface area contributed by atoms with Gasteiger partial charge in [0.15, 0.2) is 0 Å².